The topological polar surface area (TPSA) is 20.2 Å². The third-order valence-corrected chi connectivity index (χ3v) is 4.78. The highest BCUT2D eigenvalue weighted by Gasteiger charge is 2.29. The van der Waals surface area contributed by atoms with Crippen LogP contribution in [0.25, 0.3) is 0 Å². The van der Waals surface area contributed by atoms with Gasteiger partial charge in [-0.25, -0.2) is 0 Å². The molecule has 0 aromatic rings. The molecule has 0 heterocycles. The predicted molar refractivity (Wildman–Crippen MR) is 93.3 cm³/mol. The lowest BCUT2D eigenvalue weighted by Crippen LogP contribution is -2.24. The Morgan fingerprint density at radius 2 is 2.00 bits per heavy atom. The van der Waals surface area contributed by atoms with Crippen molar-refractivity contribution >= 4 is 0 Å². The second kappa shape index (κ2) is 7.79. The minimum absolute atomic E-state index is 0.237. The number of aliphatic hydroxyl groups is 1. The van der Waals surface area contributed by atoms with Crippen molar-refractivity contribution in [2.24, 2.45) is 5.41 Å². The minimum Gasteiger partial charge on any atom is -0.388 e. The van der Waals surface area contributed by atoms with E-state index < -0.39 is 0 Å². The summed E-state index contributed by atoms with van der Waals surface area (Å²) in [7, 11) is 0. The van der Waals surface area contributed by atoms with Gasteiger partial charge in [0, 0.05) is 0 Å². The Morgan fingerprint density at radius 3 is 2.57 bits per heavy atom. The molecule has 1 aliphatic carbocycles. The summed E-state index contributed by atoms with van der Waals surface area (Å²) < 4.78 is 0. The van der Waals surface area contributed by atoms with Crippen LogP contribution >= 0.6 is 0 Å². The molecule has 0 amide bonds. The Hall–Kier alpha value is -1.08. The lowest BCUT2D eigenvalue weighted by molar-refractivity contribution is 0.196. The zero-order valence-electron chi connectivity index (χ0n) is 14.7. The van der Waals surface area contributed by atoms with Gasteiger partial charge in [-0.15, -0.1) is 0 Å². The van der Waals surface area contributed by atoms with Crippen LogP contribution in [0, 0.1) is 5.41 Å². The van der Waals surface area contributed by atoms with E-state index in [1.54, 1.807) is 0 Å². The molecule has 1 N–H and O–H groups in total. The molecule has 1 rings (SSSR count). The van der Waals surface area contributed by atoms with E-state index in [9.17, 15) is 5.11 Å². The van der Waals surface area contributed by atoms with Gasteiger partial charge in [0.15, 0.2) is 0 Å². The van der Waals surface area contributed by atoms with Gasteiger partial charge in [0.05, 0.1) is 6.10 Å². The Balaban J connectivity index is 2.78. The van der Waals surface area contributed by atoms with Crippen LogP contribution in [0.1, 0.15) is 67.2 Å². The van der Waals surface area contributed by atoms with Gasteiger partial charge in [-0.1, -0.05) is 54.9 Å². The van der Waals surface area contributed by atoms with Crippen LogP contribution in [-0.4, -0.2) is 11.2 Å². The van der Waals surface area contributed by atoms with E-state index >= 15 is 0 Å². The van der Waals surface area contributed by atoms with Gasteiger partial charge in [-0.3, -0.25) is 0 Å². The Morgan fingerprint density at radius 1 is 1.33 bits per heavy atom. The standard InChI is InChI=1S/C20H32O/c1-7-15(2)10-8-11-17(4)19(21)14-18-16(3)12-9-13-20(18,5)6/h7-8,10-11,19,21H,9,12-14H2,1-6H3/b10-8+,15-7+,17-11+. The fourth-order valence-electron chi connectivity index (χ4n) is 3.04. The van der Waals surface area contributed by atoms with Crippen LogP contribution in [0.4, 0.5) is 0 Å². The number of hydrogen-bond acceptors (Lipinski definition) is 1. The molecular weight excluding hydrogens is 256 g/mol. The van der Waals surface area contributed by atoms with Crippen LogP contribution in [0.5, 0.6) is 0 Å². The first-order chi connectivity index (χ1) is 9.77. The van der Waals surface area contributed by atoms with Gasteiger partial charge in [-0.2, -0.15) is 0 Å². The maximum atomic E-state index is 10.5. The van der Waals surface area contributed by atoms with Gasteiger partial charge in [0.2, 0.25) is 0 Å². The highest BCUT2D eigenvalue weighted by atomic mass is 16.3. The van der Waals surface area contributed by atoms with Gasteiger partial charge >= 0.3 is 0 Å². The second-order valence-corrected chi connectivity index (χ2v) is 7.02. The molecule has 0 aliphatic heterocycles. The molecule has 1 nitrogen and oxygen atoms in total. The first kappa shape index (κ1) is 18.0. The summed E-state index contributed by atoms with van der Waals surface area (Å²) in [6.07, 6.45) is 12.3. The van der Waals surface area contributed by atoms with E-state index in [0.29, 0.717) is 0 Å². The molecule has 0 saturated heterocycles. The summed E-state index contributed by atoms with van der Waals surface area (Å²) in [4.78, 5) is 0. The van der Waals surface area contributed by atoms with Crippen molar-refractivity contribution in [3.8, 4) is 0 Å². The Labute approximate surface area is 131 Å². The van der Waals surface area contributed by atoms with Crippen LogP contribution in [0.15, 0.2) is 46.6 Å². The van der Waals surface area contributed by atoms with Gasteiger partial charge < -0.3 is 5.11 Å². The quantitative estimate of drug-likeness (QED) is 0.506. The summed E-state index contributed by atoms with van der Waals surface area (Å²) in [5.74, 6) is 0. The number of rotatable bonds is 5. The lowest BCUT2D eigenvalue weighted by atomic mass is 9.70. The molecule has 118 valence electrons. The Kier molecular flexibility index (Phi) is 6.67. The SMILES string of the molecule is C/C=C(C)/C=C/C=C(\C)C(O)CC1=C(C)CCCC1(C)C. The molecule has 1 aliphatic rings. The fraction of sp³-hybridized carbons (Fsp3) is 0.600. The molecule has 1 atom stereocenters. The monoisotopic (exact) mass is 288 g/mol. The summed E-state index contributed by atoms with van der Waals surface area (Å²) in [5.41, 5.74) is 5.46. The van der Waals surface area contributed by atoms with E-state index in [2.05, 4.69) is 39.8 Å². The zero-order chi connectivity index (χ0) is 16.0. The van der Waals surface area contributed by atoms with Crippen molar-refractivity contribution in [1.29, 1.82) is 0 Å². The second-order valence-electron chi connectivity index (χ2n) is 7.02. The molecule has 0 fully saturated rings. The van der Waals surface area contributed by atoms with Gasteiger partial charge in [0.25, 0.3) is 0 Å². The number of aliphatic hydroxyl groups excluding tert-OH is 1. The van der Waals surface area contributed by atoms with E-state index in [0.717, 1.165) is 12.0 Å². The fourth-order valence-corrected chi connectivity index (χ4v) is 3.04. The highest BCUT2D eigenvalue weighted by molar-refractivity contribution is 5.27. The number of hydrogen-bond donors (Lipinski definition) is 1. The van der Waals surface area contributed by atoms with E-state index in [1.807, 2.05) is 26.0 Å². The van der Waals surface area contributed by atoms with Crippen LogP contribution in [0.3, 0.4) is 0 Å². The van der Waals surface area contributed by atoms with Gasteiger partial charge in [0.1, 0.15) is 0 Å². The van der Waals surface area contributed by atoms with Crippen molar-refractivity contribution in [2.75, 3.05) is 0 Å². The average Bonchev–Trinajstić information content (AvgIpc) is 2.42. The summed E-state index contributed by atoms with van der Waals surface area (Å²) >= 11 is 0. The van der Waals surface area contributed by atoms with Crippen LogP contribution in [-0.2, 0) is 0 Å². The van der Waals surface area contributed by atoms with Crippen molar-refractivity contribution in [1.82, 2.24) is 0 Å². The molecular formula is C20H32O. The first-order valence-electron chi connectivity index (χ1n) is 8.13. The third-order valence-electron chi connectivity index (χ3n) is 4.78. The molecule has 0 saturated carbocycles. The molecule has 0 radical (unpaired) electrons. The van der Waals surface area contributed by atoms with E-state index in [1.165, 1.54) is 36.0 Å². The summed E-state index contributed by atoms with van der Waals surface area (Å²) in [6, 6.07) is 0. The average molecular weight is 288 g/mol. The maximum absolute atomic E-state index is 10.5. The summed E-state index contributed by atoms with van der Waals surface area (Å²) in [5, 5.41) is 10.5. The lowest BCUT2D eigenvalue weighted by Gasteiger charge is -2.35. The molecule has 21 heavy (non-hydrogen) atoms. The molecule has 0 aromatic carbocycles. The molecule has 0 spiro atoms. The van der Waals surface area contributed by atoms with Gasteiger partial charge in [-0.05, 0) is 64.4 Å². The largest absolute Gasteiger partial charge is 0.388 e. The summed E-state index contributed by atoms with van der Waals surface area (Å²) in [6.45, 7) is 13.0. The number of allylic oxidation sites excluding steroid dienone is 6. The molecule has 1 heteroatoms. The third kappa shape index (κ3) is 5.32. The zero-order valence-corrected chi connectivity index (χ0v) is 14.7. The van der Waals surface area contributed by atoms with Crippen LogP contribution < -0.4 is 0 Å². The molecule has 0 aromatic heterocycles. The van der Waals surface area contributed by atoms with Crippen molar-refractivity contribution in [2.45, 2.75) is 73.3 Å². The van der Waals surface area contributed by atoms with E-state index in [-0.39, 0.29) is 11.5 Å². The van der Waals surface area contributed by atoms with E-state index in [4.69, 9.17) is 0 Å². The van der Waals surface area contributed by atoms with Crippen LogP contribution in [0.2, 0.25) is 0 Å². The highest BCUT2D eigenvalue weighted by Crippen LogP contribution is 2.42. The normalized spacial score (nSPS) is 22.0. The predicted octanol–water partition coefficient (Wildman–Crippen LogP) is 5.73. The smallest absolute Gasteiger partial charge is 0.0787 e. The molecule has 0 bridgehead atoms. The molecule has 1 unspecified atom stereocenters. The minimum atomic E-state index is -0.372. The van der Waals surface area contributed by atoms with Crippen molar-refractivity contribution in [3.63, 3.8) is 0 Å². The van der Waals surface area contributed by atoms with Crippen molar-refractivity contribution in [3.05, 3.63) is 46.6 Å². The maximum Gasteiger partial charge on any atom is 0.0787 e. The first-order valence-corrected chi connectivity index (χ1v) is 8.13. The Bertz CT molecular complexity index is 472. The van der Waals surface area contributed by atoms with Crippen molar-refractivity contribution < 1.29 is 5.11 Å².